The van der Waals surface area contributed by atoms with E-state index in [2.05, 4.69) is 42.5 Å². The zero-order chi connectivity index (χ0) is 12.1. The first-order chi connectivity index (χ1) is 7.60. The van der Waals surface area contributed by atoms with Gasteiger partial charge in [-0.2, -0.15) is 0 Å². The molecule has 0 aliphatic rings. The number of nitrogens with zero attached hydrogens (tertiary/aromatic N) is 3. The van der Waals surface area contributed by atoms with Gasteiger partial charge in [-0.1, -0.05) is 27.2 Å². The van der Waals surface area contributed by atoms with Crippen LogP contribution < -0.4 is 0 Å². The standard InChI is InChI=1S/C12H22ClN3/c1-5-7-11-14-15-12(13)16(11)10(4)8-9(3)6-2/h9-10H,5-8H2,1-4H3. The van der Waals surface area contributed by atoms with E-state index in [-0.39, 0.29) is 0 Å². The van der Waals surface area contributed by atoms with E-state index in [1.165, 1.54) is 6.42 Å². The van der Waals surface area contributed by atoms with Gasteiger partial charge in [0.15, 0.2) is 0 Å². The van der Waals surface area contributed by atoms with Gasteiger partial charge in [-0.05, 0) is 37.3 Å². The van der Waals surface area contributed by atoms with E-state index in [0.29, 0.717) is 17.2 Å². The lowest BCUT2D eigenvalue weighted by Crippen LogP contribution is -2.12. The molecule has 92 valence electrons. The lowest BCUT2D eigenvalue weighted by atomic mass is 10.0. The zero-order valence-corrected chi connectivity index (χ0v) is 11.5. The number of hydrogen-bond donors (Lipinski definition) is 0. The summed E-state index contributed by atoms with van der Waals surface area (Å²) in [6.07, 6.45) is 4.35. The molecule has 1 rings (SSSR count). The Morgan fingerprint density at radius 2 is 1.94 bits per heavy atom. The van der Waals surface area contributed by atoms with Crippen LogP contribution >= 0.6 is 11.6 Å². The maximum absolute atomic E-state index is 6.09. The summed E-state index contributed by atoms with van der Waals surface area (Å²) >= 11 is 6.09. The van der Waals surface area contributed by atoms with Crippen LogP contribution in [0, 0.1) is 5.92 Å². The summed E-state index contributed by atoms with van der Waals surface area (Å²) < 4.78 is 2.08. The van der Waals surface area contributed by atoms with Crippen LogP contribution in [0.4, 0.5) is 0 Å². The summed E-state index contributed by atoms with van der Waals surface area (Å²) in [6.45, 7) is 8.83. The Morgan fingerprint density at radius 1 is 1.25 bits per heavy atom. The first-order valence-corrected chi connectivity index (χ1v) is 6.57. The zero-order valence-electron chi connectivity index (χ0n) is 10.7. The quantitative estimate of drug-likeness (QED) is 0.759. The minimum atomic E-state index is 0.388. The van der Waals surface area contributed by atoms with Crippen LogP contribution in [0.1, 0.15) is 58.8 Å². The Kier molecular flexibility index (Phi) is 5.26. The van der Waals surface area contributed by atoms with Crippen molar-refractivity contribution >= 4 is 11.6 Å². The molecule has 3 nitrogen and oxygen atoms in total. The minimum absolute atomic E-state index is 0.388. The van der Waals surface area contributed by atoms with E-state index in [1.54, 1.807) is 0 Å². The van der Waals surface area contributed by atoms with Crippen LogP contribution in [0.3, 0.4) is 0 Å². The van der Waals surface area contributed by atoms with E-state index in [1.807, 2.05) is 0 Å². The Labute approximate surface area is 103 Å². The van der Waals surface area contributed by atoms with Gasteiger partial charge in [0, 0.05) is 12.5 Å². The normalized spacial score (nSPS) is 15.1. The predicted octanol–water partition coefficient (Wildman–Crippen LogP) is 3.88. The molecule has 0 aromatic carbocycles. The molecule has 1 aromatic rings. The van der Waals surface area contributed by atoms with Crippen molar-refractivity contribution in [3.63, 3.8) is 0 Å². The van der Waals surface area contributed by atoms with Gasteiger partial charge in [-0.15, -0.1) is 10.2 Å². The second-order valence-electron chi connectivity index (χ2n) is 4.60. The summed E-state index contributed by atoms with van der Waals surface area (Å²) in [4.78, 5) is 0. The molecule has 0 N–H and O–H groups in total. The molecule has 0 amide bonds. The lowest BCUT2D eigenvalue weighted by molar-refractivity contribution is 0.390. The van der Waals surface area contributed by atoms with E-state index >= 15 is 0 Å². The molecule has 0 aliphatic carbocycles. The SMILES string of the molecule is CCCc1nnc(Cl)n1C(C)CC(C)CC. The van der Waals surface area contributed by atoms with Gasteiger partial charge in [-0.25, -0.2) is 0 Å². The second kappa shape index (κ2) is 6.24. The summed E-state index contributed by atoms with van der Waals surface area (Å²) in [5.41, 5.74) is 0. The number of aromatic nitrogens is 3. The molecule has 4 heteroatoms. The highest BCUT2D eigenvalue weighted by Gasteiger charge is 2.17. The Bertz CT molecular complexity index is 322. The fraction of sp³-hybridized carbons (Fsp3) is 0.833. The van der Waals surface area contributed by atoms with Crippen molar-refractivity contribution in [3.05, 3.63) is 11.1 Å². The largest absolute Gasteiger partial charge is 0.299 e. The molecule has 2 unspecified atom stereocenters. The summed E-state index contributed by atoms with van der Waals surface area (Å²) in [5.74, 6) is 1.73. The van der Waals surface area contributed by atoms with Gasteiger partial charge in [0.2, 0.25) is 5.28 Å². The average molecular weight is 244 g/mol. The molecule has 0 aliphatic heterocycles. The highest BCUT2D eigenvalue weighted by Crippen LogP contribution is 2.24. The fourth-order valence-electron chi connectivity index (χ4n) is 1.99. The Morgan fingerprint density at radius 3 is 2.50 bits per heavy atom. The lowest BCUT2D eigenvalue weighted by Gasteiger charge is -2.19. The van der Waals surface area contributed by atoms with Crippen molar-refractivity contribution in [2.75, 3.05) is 0 Å². The highest BCUT2D eigenvalue weighted by atomic mass is 35.5. The molecule has 0 bridgehead atoms. The third-order valence-corrected chi connectivity index (χ3v) is 3.34. The topological polar surface area (TPSA) is 30.7 Å². The fourth-order valence-corrected chi connectivity index (χ4v) is 2.29. The average Bonchev–Trinajstić information content (AvgIpc) is 2.60. The smallest absolute Gasteiger partial charge is 0.225 e. The molecular weight excluding hydrogens is 222 g/mol. The molecule has 2 atom stereocenters. The maximum Gasteiger partial charge on any atom is 0.225 e. The first kappa shape index (κ1) is 13.5. The van der Waals surface area contributed by atoms with Gasteiger partial charge in [-0.3, -0.25) is 4.57 Å². The van der Waals surface area contributed by atoms with Crippen LogP contribution in [-0.4, -0.2) is 14.8 Å². The predicted molar refractivity (Wildman–Crippen MR) is 67.8 cm³/mol. The molecule has 0 saturated carbocycles. The summed E-state index contributed by atoms with van der Waals surface area (Å²) in [6, 6.07) is 0.388. The first-order valence-electron chi connectivity index (χ1n) is 6.19. The monoisotopic (exact) mass is 243 g/mol. The molecule has 1 aromatic heterocycles. The van der Waals surface area contributed by atoms with Crippen molar-refractivity contribution < 1.29 is 0 Å². The number of halogens is 1. The van der Waals surface area contributed by atoms with Crippen molar-refractivity contribution in [1.82, 2.24) is 14.8 Å². The molecule has 0 radical (unpaired) electrons. The van der Waals surface area contributed by atoms with Crippen LogP contribution in [-0.2, 0) is 6.42 Å². The number of rotatable bonds is 6. The van der Waals surface area contributed by atoms with Gasteiger partial charge < -0.3 is 0 Å². The Hall–Kier alpha value is -0.570. The maximum atomic E-state index is 6.09. The molecule has 0 fully saturated rings. The minimum Gasteiger partial charge on any atom is -0.299 e. The van der Waals surface area contributed by atoms with Crippen molar-refractivity contribution in [1.29, 1.82) is 0 Å². The third kappa shape index (κ3) is 3.21. The van der Waals surface area contributed by atoms with Crippen LogP contribution in [0.2, 0.25) is 5.28 Å². The van der Waals surface area contributed by atoms with Crippen LogP contribution in [0.5, 0.6) is 0 Å². The molecule has 0 spiro atoms. The van der Waals surface area contributed by atoms with Crippen molar-refractivity contribution in [2.45, 2.75) is 59.4 Å². The second-order valence-corrected chi connectivity index (χ2v) is 4.94. The summed E-state index contributed by atoms with van der Waals surface area (Å²) in [7, 11) is 0. The van der Waals surface area contributed by atoms with Crippen LogP contribution in [0.15, 0.2) is 0 Å². The molecule has 0 saturated heterocycles. The van der Waals surface area contributed by atoms with Crippen LogP contribution in [0.25, 0.3) is 0 Å². The Balaban J connectivity index is 2.80. The molecular formula is C12H22ClN3. The molecule has 16 heavy (non-hydrogen) atoms. The van der Waals surface area contributed by atoms with E-state index < -0.39 is 0 Å². The van der Waals surface area contributed by atoms with Gasteiger partial charge in [0.05, 0.1) is 0 Å². The van der Waals surface area contributed by atoms with Crippen molar-refractivity contribution in [3.8, 4) is 0 Å². The van der Waals surface area contributed by atoms with E-state index in [0.717, 1.165) is 25.1 Å². The molecule has 1 heterocycles. The number of hydrogen-bond acceptors (Lipinski definition) is 2. The van der Waals surface area contributed by atoms with E-state index in [4.69, 9.17) is 11.6 Å². The van der Waals surface area contributed by atoms with Gasteiger partial charge in [0.25, 0.3) is 0 Å². The van der Waals surface area contributed by atoms with Crippen molar-refractivity contribution in [2.24, 2.45) is 5.92 Å². The third-order valence-electron chi connectivity index (χ3n) is 3.08. The van der Waals surface area contributed by atoms with E-state index in [9.17, 15) is 0 Å². The van der Waals surface area contributed by atoms with Gasteiger partial charge in [0.1, 0.15) is 5.82 Å². The number of aryl methyl sites for hydroxylation is 1. The highest BCUT2D eigenvalue weighted by molar-refractivity contribution is 6.28. The van der Waals surface area contributed by atoms with Gasteiger partial charge >= 0.3 is 0 Å². The summed E-state index contributed by atoms with van der Waals surface area (Å²) in [5, 5.41) is 8.64.